The molecule has 0 saturated heterocycles. The van der Waals surface area contributed by atoms with E-state index >= 15 is 0 Å². The molecule has 0 radical (unpaired) electrons. The molecule has 0 atom stereocenters. The number of nitrogens with two attached hydrogens (primary N) is 1. The molecule has 1 fully saturated rings. The van der Waals surface area contributed by atoms with Crippen molar-refractivity contribution in [2.45, 2.75) is 25.7 Å². The highest BCUT2D eigenvalue weighted by Crippen LogP contribution is 2.40. The number of hydrogen-bond acceptors (Lipinski definition) is 5. The Hall–Kier alpha value is -3.55. The zero-order valence-electron chi connectivity index (χ0n) is 15.5. The topological polar surface area (TPSA) is 101 Å². The molecule has 29 heavy (non-hydrogen) atoms. The van der Waals surface area contributed by atoms with Gasteiger partial charge in [-0.05, 0) is 61.1 Å². The van der Waals surface area contributed by atoms with Crippen LogP contribution in [-0.4, -0.2) is 21.0 Å². The van der Waals surface area contributed by atoms with Gasteiger partial charge < -0.3 is 16.2 Å². The van der Waals surface area contributed by atoms with E-state index in [1.165, 1.54) is 12.1 Å². The molecule has 1 amide bonds. The molecule has 4 rings (SSSR count). The fourth-order valence-electron chi connectivity index (χ4n) is 3.22. The van der Waals surface area contributed by atoms with Crippen LogP contribution in [0.25, 0.3) is 11.3 Å². The lowest BCUT2D eigenvalue weighted by molar-refractivity contribution is 0.102. The van der Waals surface area contributed by atoms with Crippen molar-refractivity contribution in [2.75, 3.05) is 11.1 Å². The number of carbonyl (C=O) groups is 1. The number of nitrogens with zero attached hydrogens (tertiary/aromatic N) is 2. The lowest BCUT2D eigenvalue weighted by Crippen LogP contribution is -2.15. The molecule has 1 aliphatic rings. The molecule has 1 aliphatic carbocycles. The molecule has 6 nitrogen and oxygen atoms in total. The Kier molecular flexibility index (Phi) is 4.62. The molecule has 0 unspecified atom stereocenters. The third-order valence-electron chi connectivity index (χ3n) is 5.01. The number of carbonyl (C=O) groups excluding carboxylic acids is 1. The maximum atomic E-state index is 14.4. The van der Waals surface area contributed by atoms with E-state index in [-0.39, 0.29) is 34.1 Å². The average molecular weight is 396 g/mol. The van der Waals surface area contributed by atoms with Crippen molar-refractivity contribution in [3.8, 4) is 17.0 Å². The molecule has 3 aromatic rings. The van der Waals surface area contributed by atoms with E-state index in [0.717, 1.165) is 36.9 Å². The Morgan fingerprint density at radius 2 is 1.97 bits per heavy atom. The summed E-state index contributed by atoms with van der Waals surface area (Å²) in [6, 6.07) is 6.83. The minimum Gasteiger partial charge on any atom is -0.503 e. The number of benzene rings is 2. The minimum absolute atomic E-state index is 0.0324. The van der Waals surface area contributed by atoms with Crippen LogP contribution in [0, 0.1) is 18.6 Å². The maximum absolute atomic E-state index is 14.4. The summed E-state index contributed by atoms with van der Waals surface area (Å²) in [7, 11) is 0. The lowest BCUT2D eigenvalue weighted by Gasteiger charge is -2.14. The van der Waals surface area contributed by atoms with Gasteiger partial charge in [-0.2, -0.15) is 0 Å². The highest BCUT2D eigenvalue weighted by atomic mass is 19.1. The number of nitrogens with one attached hydrogen (secondary N) is 1. The van der Waals surface area contributed by atoms with Crippen LogP contribution >= 0.6 is 0 Å². The number of anilines is 2. The lowest BCUT2D eigenvalue weighted by atomic mass is 10.0. The summed E-state index contributed by atoms with van der Waals surface area (Å²) < 4.78 is 28.6. The standard InChI is InChI=1S/C21H18F2N4O2/c1-10-15(18-19(28)20(24)26-9-25-18)7-13(22)8-17(10)27-21(29)14-5-4-12(6-16(14)23)11-2-3-11/h4-9,11,28H,2-3H2,1H3,(H,27,29)(H2,24,25,26). The maximum Gasteiger partial charge on any atom is 0.258 e. The molecule has 4 N–H and O–H groups in total. The first-order chi connectivity index (χ1) is 13.8. The van der Waals surface area contributed by atoms with E-state index in [9.17, 15) is 18.7 Å². The summed E-state index contributed by atoms with van der Waals surface area (Å²) >= 11 is 0. The molecule has 0 bridgehead atoms. The normalized spacial score (nSPS) is 13.3. The molecule has 0 spiro atoms. The monoisotopic (exact) mass is 396 g/mol. The highest BCUT2D eigenvalue weighted by molar-refractivity contribution is 6.05. The average Bonchev–Trinajstić information content (AvgIpc) is 3.52. The number of amides is 1. The van der Waals surface area contributed by atoms with E-state index < -0.39 is 17.5 Å². The van der Waals surface area contributed by atoms with Gasteiger partial charge in [-0.1, -0.05) is 6.07 Å². The van der Waals surface area contributed by atoms with Gasteiger partial charge in [0, 0.05) is 11.3 Å². The Morgan fingerprint density at radius 3 is 2.66 bits per heavy atom. The van der Waals surface area contributed by atoms with Crippen LogP contribution in [0.3, 0.4) is 0 Å². The van der Waals surface area contributed by atoms with Gasteiger partial charge >= 0.3 is 0 Å². The van der Waals surface area contributed by atoms with Gasteiger partial charge in [0.15, 0.2) is 11.6 Å². The molecular formula is C21H18F2N4O2. The molecule has 148 valence electrons. The summed E-state index contributed by atoms with van der Waals surface area (Å²) in [6.45, 7) is 1.62. The van der Waals surface area contributed by atoms with Crippen LogP contribution in [0.2, 0.25) is 0 Å². The number of aromatic nitrogens is 2. The van der Waals surface area contributed by atoms with E-state index in [2.05, 4.69) is 15.3 Å². The second kappa shape index (κ2) is 7.12. The number of halogens is 2. The van der Waals surface area contributed by atoms with Crippen molar-refractivity contribution in [2.24, 2.45) is 0 Å². The van der Waals surface area contributed by atoms with Crippen LogP contribution in [0.15, 0.2) is 36.7 Å². The Bertz CT molecular complexity index is 1130. The van der Waals surface area contributed by atoms with E-state index in [0.29, 0.717) is 11.5 Å². The van der Waals surface area contributed by atoms with Crippen molar-refractivity contribution in [3.05, 3.63) is 65.0 Å². The fourth-order valence-corrected chi connectivity index (χ4v) is 3.22. The summed E-state index contributed by atoms with van der Waals surface area (Å²) in [6.07, 6.45) is 3.19. The molecule has 1 aromatic heterocycles. The van der Waals surface area contributed by atoms with Crippen LogP contribution < -0.4 is 11.1 Å². The van der Waals surface area contributed by atoms with Crippen LogP contribution in [-0.2, 0) is 0 Å². The van der Waals surface area contributed by atoms with E-state index in [4.69, 9.17) is 5.73 Å². The first-order valence-corrected chi connectivity index (χ1v) is 9.06. The fraction of sp³-hybridized carbons (Fsp3) is 0.190. The summed E-state index contributed by atoms with van der Waals surface area (Å²) in [5.74, 6) is -2.16. The smallest absolute Gasteiger partial charge is 0.258 e. The quantitative estimate of drug-likeness (QED) is 0.615. The van der Waals surface area contributed by atoms with Crippen LogP contribution in [0.5, 0.6) is 5.75 Å². The summed E-state index contributed by atoms with van der Waals surface area (Å²) in [5, 5.41) is 12.7. The van der Waals surface area contributed by atoms with Crippen molar-refractivity contribution >= 4 is 17.4 Å². The second-order valence-corrected chi connectivity index (χ2v) is 7.05. The van der Waals surface area contributed by atoms with Crippen molar-refractivity contribution in [1.82, 2.24) is 9.97 Å². The first kappa shape index (κ1) is 18.8. The predicted molar refractivity (Wildman–Crippen MR) is 105 cm³/mol. The van der Waals surface area contributed by atoms with Gasteiger partial charge in [-0.15, -0.1) is 0 Å². The SMILES string of the molecule is Cc1c(NC(=O)c2ccc(C3CC3)cc2F)cc(F)cc1-c1ncnc(N)c1O. The van der Waals surface area contributed by atoms with Crippen LogP contribution in [0.1, 0.15) is 40.2 Å². The van der Waals surface area contributed by atoms with Crippen LogP contribution in [0.4, 0.5) is 20.3 Å². The van der Waals surface area contributed by atoms with Gasteiger partial charge in [0.1, 0.15) is 23.7 Å². The van der Waals surface area contributed by atoms with E-state index in [1.54, 1.807) is 13.0 Å². The van der Waals surface area contributed by atoms with Crippen molar-refractivity contribution in [3.63, 3.8) is 0 Å². The van der Waals surface area contributed by atoms with Crippen molar-refractivity contribution < 1.29 is 18.7 Å². The Labute approximate surface area is 165 Å². The second-order valence-electron chi connectivity index (χ2n) is 7.05. The largest absolute Gasteiger partial charge is 0.503 e. The van der Waals surface area contributed by atoms with Gasteiger partial charge in [0.05, 0.1) is 5.56 Å². The first-order valence-electron chi connectivity index (χ1n) is 9.06. The Balaban J connectivity index is 1.68. The number of rotatable bonds is 4. The molecule has 0 aliphatic heterocycles. The van der Waals surface area contributed by atoms with Crippen molar-refractivity contribution in [1.29, 1.82) is 0 Å². The third kappa shape index (κ3) is 3.61. The van der Waals surface area contributed by atoms with Gasteiger partial charge in [-0.3, -0.25) is 4.79 Å². The Morgan fingerprint density at radius 1 is 1.21 bits per heavy atom. The van der Waals surface area contributed by atoms with Gasteiger partial charge in [-0.25, -0.2) is 18.7 Å². The molecule has 1 heterocycles. The number of nitrogen functional groups attached to an aromatic ring is 1. The molecule has 8 heteroatoms. The number of aromatic hydroxyl groups is 1. The zero-order chi connectivity index (χ0) is 20.7. The molecule has 2 aromatic carbocycles. The molecule has 1 saturated carbocycles. The zero-order valence-corrected chi connectivity index (χ0v) is 15.5. The van der Waals surface area contributed by atoms with Gasteiger partial charge in [0.2, 0.25) is 0 Å². The van der Waals surface area contributed by atoms with E-state index in [1.807, 2.05) is 0 Å². The predicted octanol–water partition coefficient (Wildman–Crippen LogP) is 4.15. The number of hydrogen-bond donors (Lipinski definition) is 3. The summed E-state index contributed by atoms with van der Waals surface area (Å²) in [5.41, 5.74) is 7.16. The van der Waals surface area contributed by atoms with Gasteiger partial charge in [0.25, 0.3) is 5.91 Å². The summed E-state index contributed by atoms with van der Waals surface area (Å²) in [4.78, 5) is 20.2. The third-order valence-corrected chi connectivity index (χ3v) is 5.01. The highest BCUT2D eigenvalue weighted by Gasteiger charge is 2.25. The molecular weight excluding hydrogens is 378 g/mol. The minimum atomic E-state index is -0.698.